The summed E-state index contributed by atoms with van der Waals surface area (Å²) >= 11 is 1.57. The van der Waals surface area contributed by atoms with Crippen LogP contribution in [0.4, 0.5) is 5.82 Å². The monoisotopic (exact) mass is 224 g/mol. The highest BCUT2D eigenvalue weighted by molar-refractivity contribution is 7.98. The highest BCUT2D eigenvalue weighted by atomic mass is 32.2. The fourth-order valence-electron chi connectivity index (χ4n) is 1.68. The van der Waals surface area contributed by atoms with E-state index < -0.39 is 0 Å². The van der Waals surface area contributed by atoms with Gasteiger partial charge in [-0.25, -0.2) is 9.97 Å². The summed E-state index contributed by atoms with van der Waals surface area (Å²) in [6.07, 6.45) is 5.04. The molecule has 0 aliphatic carbocycles. The van der Waals surface area contributed by atoms with Crippen molar-refractivity contribution in [2.24, 2.45) is 5.92 Å². The number of nitrogens with zero attached hydrogens (tertiary/aromatic N) is 2. The first kappa shape index (κ1) is 10.7. The molecular formula is C10H16N4S. The zero-order valence-corrected chi connectivity index (χ0v) is 9.68. The Morgan fingerprint density at radius 2 is 2.60 bits per heavy atom. The van der Waals surface area contributed by atoms with Crippen LogP contribution in [0.3, 0.4) is 0 Å². The maximum atomic E-state index is 4.37. The first-order valence-corrected chi connectivity index (χ1v) is 6.42. The molecule has 1 aromatic rings. The van der Waals surface area contributed by atoms with Crippen molar-refractivity contribution in [1.82, 2.24) is 15.3 Å². The summed E-state index contributed by atoms with van der Waals surface area (Å²) in [4.78, 5) is 8.51. The Bertz CT molecular complexity index is 312. The number of hydrogen-bond donors (Lipinski definition) is 2. The third-order valence-corrected chi connectivity index (χ3v) is 3.11. The van der Waals surface area contributed by atoms with E-state index >= 15 is 0 Å². The lowest BCUT2D eigenvalue weighted by atomic mass is 10.1. The molecule has 0 radical (unpaired) electrons. The van der Waals surface area contributed by atoms with Gasteiger partial charge in [0.15, 0.2) is 5.16 Å². The number of aromatic nitrogens is 2. The third-order valence-electron chi connectivity index (χ3n) is 2.55. The molecule has 0 saturated carbocycles. The van der Waals surface area contributed by atoms with Crippen molar-refractivity contribution in [3.63, 3.8) is 0 Å². The van der Waals surface area contributed by atoms with Crippen LogP contribution in [0.1, 0.15) is 6.42 Å². The van der Waals surface area contributed by atoms with Gasteiger partial charge in [0.25, 0.3) is 0 Å². The smallest absolute Gasteiger partial charge is 0.189 e. The number of nitrogens with one attached hydrogen (secondary N) is 2. The van der Waals surface area contributed by atoms with E-state index in [2.05, 4.69) is 20.6 Å². The number of rotatable bonds is 4. The molecule has 2 rings (SSSR count). The lowest BCUT2D eigenvalue weighted by Gasteiger charge is -2.10. The highest BCUT2D eigenvalue weighted by Crippen LogP contribution is 2.12. The molecule has 1 saturated heterocycles. The fourth-order valence-corrected chi connectivity index (χ4v) is 2.03. The maximum Gasteiger partial charge on any atom is 0.189 e. The number of thioether (sulfide) groups is 1. The largest absolute Gasteiger partial charge is 0.370 e. The van der Waals surface area contributed by atoms with Gasteiger partial charge in [-0.15, -0.1) is 0 Å². The van der Waals surface area contributed by atoms with E-state index in [9.17, 15) is 0 Å². The SMILES string of the molecule is CSc1nccc(NC[C@H]2CCNC2)n1. The van der Waals surface area contributed by atoms with Gasteiger partial charge in [0, 0.05) is 12.7 Å². The van der Waals surface area contributed by atoms with E-state index in [1.54, 1.807) is 18.0 Å². The molecule has 1 fully saturated rings. The van der Waals surface area contributed by atoms with E-state index in [0.717, 1.165) is 36.5 Å². The molecule has 82 valence electrons. The summed E-state index contributed by atoms with van der Waals surface area (Å²) in [5.74, 6) is 1.67. The molecule has 4 nitrogen and oxygen atoms in total. The average molecular weight is 224 g/mol. The summed E-state index contributed by atoms with van der Waals surface area (Å²) in [5.41, 5.74) is 0. The van der Waals surface area contributed by atoms with E-state index in [1.807, 2.05) is 12.3 Å². The van der Waals surface area contributed by atoms with Crippen LogP contribution in [-0.4, -0.2) is 35.9 Å². The Hall–Kier alpha value is -0.810. The molecule has 15 heavy (non-hydrogen) atoms. The molecule has 0 unspecified atom stereocenters. The van der Waals surface area contributed by atoms with Crippen molar-refractivity contribution in [2.75, 3.05) is 31.2 Å². The van der Waals surface area contributed by atoms with E-state index in [0.29, 0.717) is 0 Å². The number of hydrogen-bond acceptors (Lipinski definition) is 5. The van der Waals surface area contributed by atoms with Crippen molar-refractivity contribution in [1.29, 1.82) is 0 Å². The second-order valence-electron chi connectivity index (χ2n) is 3.67. The van der Waals surface area contributed by atoms with Gasteiger partial charge in [-0.1, -0.05) is 11.8 Å². The fraction of sp³-hybridized carbons (Fsp3) is 0.600. The summed E-state index contributed by atoms with van der Waals surface area (Å²) in [6.45, 7) is 3.26. The third kappa shape index (κ3) is 3.07. The van der Waals surface area contributed by atoms with Crippen LogP contribution < -0.4 is 10.6 Å². The molecule has 0 aromatic carbocycles. The summed E-state index contributed by atoms with van der Waals surface area (Å²) in [7, 11) is 0. The minimum atomic E-state index is 0.734. The van der Waals surface area contributed by atoms with Crippen molar-refractivity contribution >= 4 is 17.6 Å². The molecule has 1 atom stereocenters. The normalized spacial score (nSPS) is 20.5. The van der Waals surface area contributed by atoms with E-state index in [-0.39, 0.29) is 0 Å². The molecule has 1 aliphatic heterocycles. The second-order valence-corrected chi connectivity index (χ2v) is 4.44. The predicted octanol–water partition coefficient (Wildman–Crippen LogP) is 1.22. The lowest BCUT2D eigenvalue weighted by molar-refractivity contribution is 0.613. The van der Waals surface area contributed by atoms with Crippen molar-refractivity contribution in [3.05, 3.63) is 12.3 Å². The Labute approximate surface area is 94.3 Å². The van der Waals surface area contributed by atoms with Crippen LogP contribution in [0.2, 0.25) is 0 Å². The maximum absolute atomic E-state index is 4.37. The molecular weight excluding hydrogens is 208 g/mol. The number of anilines is 1. The predicted molar refractivity (Wildman–Crippen MR) is 63.3 cm³/mol. The Morgan fingerprint density at radius 3 is 3.33 bits per heavy atom. The standard InChI is InChI=1S/C10H16N4S/c1-15-10-12-5-3-9(14-10)13-7-8-2-4-11-6-8/h3,5,8,11H,2,4,6-7H2,1H3,(H,12,13,14)/t8-/m0/s1. The Morgan fingerprint density at radius 1 is 1.67 bits per heavy atom. The van der Waals surface area contributed by atoms with Crippen LogP contribution in [0, 0.1) is 5.92 Å². The molecule has 0 bridgehead atoms. The summed E-state index contributed by atoms with van der Waals surface area (Å²) in [6, 6.07) is 1.92. The molecule has 5 heteroatoms. The van der Waals surface area contributed by atoms with Crippen molar-refractivity contribution < 1.29 is 0 Å². The quantitative estimate of drug-likeness (QED) is 0.595. The minimum absolute atomic E-state index is 0.734. The molecule has 1 aliphatic rings. The zero-order chi connectivity index (χ0) is 10.5. The molecule has 2 heterocycles. The van der Waals surface area contributed by atoms with Crippen LogP contribution in [0.15, 0.2) is 17.4 Å². The van der Waals surface area contributed by atoms with Crippen LogP contribution in [-0.2, 0) is 0 Å². The zero-order valence-electron chi connectivity index (χ0n) is 8.86. The topological polar surface area (TPSA) is 49.8 Å². The molecule has 1 aromatic heterocycles. The van der Waals surface area contributed by atoms with Gasteiger partial charge in [-0.2, -0.15) is 0 Å². The first-order valence-electron chi connectivity index (χ1n) is 5.20. The minimum Gasteiger partial charge on any atom is -0.370 e. The van der Waals surface area contributed by atoms with Gasteiger partial charge in [0.05, 0.1) is 0 Å². The average Bonchev–Trinajstić information content (AvgIpc) is 2.79. The lowest BCUT2D eigenvalue weighted by Crippen LogP contribution is -2.17. The van der Waals surface area contributed by atoms with Gasteiger partial charge in [-0.05, 0) is 37.8 Å². The Balaban J connectivity index is 1.86. The molecule has 0 spiro atoms. The van der Waals surface area contributed by atoms with Gasteiger partial charge in [0.1, 0.15) is 5.82 Å². The summed E-state index contributed by atoms with van der Waals surface area (Å²) < 4.78 is 0. The van der Waals surface area contributed by atoms with E-state index in [1.165, 1.54) is 6.42 Å². The van der Waals surface area contributed by atoms with Gasteiger partial charge in [0.2, 0.25) is 0 Å². The van der Waals surface area contributed by atoms with Crippen molar-refractivity contribution in [3.8, 4) is 0 Å². The summed E-state index contributed by atoms with van der Waals surface area (Å²) in [5, 5.41) is 7.53. The molecule has 2 N–H and O–H groups in total. The van der Waals surface area contributed by atoms with E-state index in [4.69, 9.17) is 0 Å². The second kappa shape index (κ2) is 5.32. The van der Waals surface area contributed by atoms with Gasteiger partial charge in [-0.3, -0.25) is 0 Å². The van der Waals surface area contributed by atoms with Crippen LogP contribution >= 0.6 is 11.8 Å². The molecule has 0 amide bonds. The van der Waals surface area contributed by atoms with Crippen LogP contribution in [0.25, 0.3) is 0 Å². The van der Waals surface area contributed by atoms with Gasteiger partial charge >= 0.3 is 0 Å². The van der Waals surface area contributed by atoms with Crippen LogP contribution in [0.5, 0.6) is 0 Å². The van der Waals surface area contributed by atoms with Gasteiger partial charge < -0.3 is 10.6 Å². The van der Waals surface area contributed by atoms with Crippen molar-refractivity contribution in [2.45, 2.75) is 11.6 Å². The highest BCUT2D eigenvalue weighted by Gasteiger charge is 2.13. The first-order chi connectivity index (χ1) is 7.38. The Kier molecular flexibility index (Phi) is 3.80.